The predicted molar refractivity (Wildman–Crippen MR) is 61.5 cm³/mol. The lowest BCUT2D eigenvalue weighted by Crippen LogP contribution is -2.10. The lowest BCUT2D eigenvalue weighted by molar-refractivity contribution is 0.0590. The van der Waals surface area contributed by atoms with E-state index in [1.165, 1.54) is 11.8 Å². The van der Waals surface area contributed by atoms with Gasteiger partial charge >= 0.3 is 5.97 Å². The summed E-state index contributed by atoms with van der Waals surface area (Å²) in [6.07, 6.45) is 1.55. The Labute approximate surface area is 98.6 Å². The quantitative estimate of drug-likeness (QED) is 0.755. The summed E-state index contributed by atoms with van der Waals surface area (Å²) in [6.45, 7) is 0. The maximum absolute atomic E-state index is 11.5. The summed E-state index contributed by atoms with van der Waals surface area (Å²) in [4.78, 5) is 11.5. The summed E-state index contributed by atoms with van der Waals surface area (Å²) in [6, 6.07) is 8.88. The van der Waals surface area contributed by atoms with Crippen LogP contribution in [0.3, 0.4) is 0 Å². The highest BCUT2D eigenvalue weighted by molar-refractivity contribution is 5.88. The van der Waals surface area contributed by atoms with E-state index in [9.17, 15) is 4.79 Å². The van der Waals surface area contributed by atoms with Crippen LogP contribution in [0.25, 0.3) is 5.69 Å². The summed E-state index contributed by atoms with van der Waals surface area (Å²) < 4.78 is 11.3. The Hall–Kier alpha value is -2.30. The van der Waals surface area contributed by atoms with Crippen LogP contribution in [0, 0.1) is 0 Å². The first-order chi connectivity index (χ1) is 8.26. The van der Waals surface area contributed by atoms with Crippen molar-refractivity contribution in [3.63, 3.8) is 0 Å². The fraction of sp³-hybridized carbons (Fsp3) is 0.167. The highest BCUT2D eigenvalue weighted by atomic mass is 16.5. The zero-order valence-electron chi connectivity index (χ0n) is 9.58. The van der Waals surface area contributed by atoms with Gasteiger partial charge in [0.2, 0.25) is 0 Å². The van der Waals surface area contributed by atoms with Gasteiger partial charge in [-0.25, -0.2) is 9.48 Å². The van der Waals surface area contributed by atoms with Crippen LogP contribution < -0.4 is 4.74 Å². The van der Waals surface area contributed by atoms with Crippen LogP contribution in [0.2, 0.25) is 0 Å². The van der Waals surface area contributed by atoms with Gasteiger partial charge in [-0.15, -0.1) is 0 Å². The minimum Gasteiger partial charge on any atom is -0.497 e. The topological polar surface area (TPSA) is 53.3 Å². The van der Waals surface area contributed by atoms with Crippen molar-refractivity contribution in [1.29, 1.82) is 0 Å². The van der Waals surface area contributed by atoms with E-state index in [1.807, 2.05) is 18.2 Å². The molecule has 0 N–H and O–H groups in total. The molecule has 0 aliphatic heterocycles. The third-order valence-electron chi connectivity index (χ3n) is 2.34. The standard InChI is InChI=1S/C12H12N2O3/c1-16-10-5-3-4-9(8-10)14-11(6-7-13-14)12(15)17-2/h3-8H,1-2H3. The van der Waals surface area contributed by atoms with Crippen LogP contribution in [-0.2, 0) is 4.74 Å². The number of hydrogen-bond acceptors (Lipinski definition) is 4. The van der Waals surface area contributed by atoms with Crippen molar-refractivity contribution < 1.29 is 14.3 Å². The van der Waals surface area contributed by atoms with E-state index >= 15 is 0 Å². The molecule has 5 heteroatoms. The van der Waals surface area contributed by atoms with E-state index < -0.39 is 5.97 Å². The third-order valence-corrected chi connectivity index (χ3v) is 2.34. The normalized spacial score (nSPS) is 10.0. The van der Waals surface area contributed by atoms with Crippen molar-refractivity contribution in [2.24, 2.45) is 0 Å². The summed E-state index contributed by atoms with van der Waals surface area (Å²) in [5, 5.41) is 4.09. The third kappa shape index (κ3) is 2.13. The number of hydrogen-bond donors (Lipinski definition) is 0. The molecule has 5 nitrogen and oxygen atoms in total. The molecule has 0 saturated heterocycles. The Bertz CT molecular complexity index is 534. The molecule has 0 spiro atoms. The highest BCUT2D eigenvalue weighted by Gasteiger charge is 2.13. The Morgan fingerprint density at radius 2 is 2.12 bits per heavy atom. The van der Waals surface area contributed by atoms with Gasteiger partial charge in [-0.05, 0) is 18.2 Å². The summed E-state index contributed by atoms with van der Waals surface area (Å²) in [5.41, 5.74) is 1.12. The average Bonchev–Trinajstić information content (AvgIpc) is 2.87. The van der Waals surface area contributed by atoms with E-state index in [4.69, 9.17) is 4.74 Å². The van der Waals surface area contributed by atoms with Gasteiger partial charge in [-0.1, -0.05) is 6.07 Å². The van der Waals surface area contributed by atoms with E-state index in [-0.39, 0.29) is 0 Å². The molecule has 0 amide bonds. The molecule has 2 rings (SSSR count). The van der Waals surface area contributed by atoms with Gasteiger partial charge in [0, 0.05) is 6.07 Å². The minimum absolute atomic E-state index is 0.376. The summed E-state index contributed by atoms with van der Waals surface area (Å²) in [7, 11) is 2.93. The van der Waals surface area contributed by atoms with E-state index in [1.54, 1.807) is 25.4 Å². The zero-order valence-corrected chi connectivity index (χ0v) is 9.58. The molecular weight excluding hydrogens is 220 g/mol. The molecule has 0 aliphatic carbocycles. The molecule has 0 bridgehead atoms. The number of nitrogens with zero attached hydrogens (tertiary/aromatic N) is 2. The van der Waals surface area contributed by atoms with Gasteiger partial charge in [0.1, 0.15) is 5.75 Å². The van der Waals surface area contributed by atoms with Crippen LogP contribution in [0.1, 0.15) is 10.5 Å². The monoisotopic (exact) mass is 232 g/mol. The maximum Gasteiger partial charge on any atom is 0.356 e. The van der Waals surface area contributed by atoms with Crippen molar-refractivity contribution in [2.75, 3.05) is 14.2 Å². The van der Waals surface area contributed by atoms with Crippen molar-refractivity contribution in [3.8, 4) is 11.4 Å². The Morgan fingerprint density at radius 3 is 2.82 bits per heavy atom. The number of esters is 1. The SMILES string of the molecule is COC(=O)c1ccnn1-c1cccc(OC)c1. The number of methoxy groups -OCH3 is 2. The number of carbonyl (C=O) groups is 1. The van der Waals surface area contributed by atoms with Crippen LogP contribution in [0.15, 0.2) is 36.5 Å². The first-order valence-electron chi connectivity index (χ1n) is 5.03. The summed E-state index contributed by atoms with van der Waals surface area (Å²) >= 11 is 0. The Kier molecular flexibility index (Phi) is 3.09. The van der Waals surface area contributed by atoms with Crippen molar-refractivity contribution in [1.82, 2.24) is 9.78 Å². The smallest absolute Gasteiger partial charge is 0.356 e. The Balaban J connectivity index is 2.45. The molecule has 0 radical (unpaired) electrons. The van der Waals surface area contributed by atoms with Crippen molar-refractivity contribution >= 4 is 5.97 Å². The average molecular weight is 232 g/mol. The van der Waals surface area contributed by atoms with Crippen LogP contribution in [0.4, 0.5) is 0 Å². The number of benzene rings is 1. The van der Waals surface area contributed by atoms with Gasteiger partial charge in [0.25, 0.3) is 0 Å². The molecule has 2 aromatic rings. The fourth-order valence-electron chi connectivity index (χ4n) is 1.51. The van der Waals surface area contributed by atoms with Gasteiger partial charge in [-0.3, -0.25) is 0 Å². The molecule has 0 aliphatic rings. The first-order valence-corrected chi connectivity index (χ1v) is 5.03. The number of rotatable bonds is 3. The number of carbonyl (C=O) groups excluding carboxylic acids is 1. The molecule has 1 heterocycles. The maximum atomic E-state index is 11.5. The van der Waals surface area contributed by atoms with Gasteiger partial charge in [-0.2, -0.15) is 5.10 Å². The second-order valence-electron chi connectivity index (χ2n) is 3.32. The van der Waals surface area contributed by atoms with E-state index in [2.05, 4.69) is 9.84 Å². The van der Waals surface area contributed by atoms with Crippen molar-refractivity contribution in [2.45, 2.75) is 0 Å². The molecule has 17 heavy (non-hydrogen) atoms. The zero-order chi connectivity index (χ0) is 12.3. The molecule has 0 saturated carbocycles. The predicted octanol–water partition coefficient (Wildman–Crippen LogP) is 1.67. The molecule has 0 atom stereocenters. The fourth-order valence-corrected chi connectivity index (χ4v) is 1.51. The second kappa shape index (κ2) is 4.69. The van der Waals surface area contributed by atoms with Gasteiger partial charge < -0.3 is 9.47 Å². The first kappa shape index (κ1) is 11.2. The summed E-state index contributed by atoms with van der Waals surface area (Å²) in [5.74, 6) is 0.277. The molecule has 1 aromatic heterocycles. The number of ether oxygens (including phenoxy) is 2. The molecular formula is C12H12N2O3. The molecule has 88 valence electrons. The lowest BCUT2D eigenvalue weighted by Gasteiger charge is -2.07. The number of aromatic nitrogens is 2. The van der Waals surface area contributed by atoms with Crippen LogP contribution >= 0.6 is 0 Å². The van der Waals surface area contributed by atoms with Gasteiger partial charge in [0.05, 0.1) is 26.1 Å². The largest absolute Gasteiger partial charge is 0.497 e. The van der Waals surface area contributed by atoms with E-state index in [0.29, 0.717) is 11.4 Å². The van der Waals surface area contributed by atoms with Crippen LogP contribution in [-0.4, -0.2) is 30.0 Å². The Morgan fingerprint density at radius 1 is 1.29 bits per heavy atom. The minimum atomic E-state index is -0.426. The van der Waals surface area contributed by atoms with E-state index in [0.717, 1.165) is 5.69 Å². The molecule has 1 aromatic carbocycles. The molecule has 0 unspecified atom stereocenters. The van der Waals surface area contributed by atoms with Gasteiger partial charge in [0.15, 0.2) is 5.69 Å². The van der Waals surface area contributed by atoms with Crippen LogP contribution in [0.5, 0.6) is 5.75 Å². The molecule has 0 fully saturated rings. The van der Waals surface area contributed by atoms with Crippen molar-refractivity contribution in [3.05, 3.63) is 42.2 Å². The lowest BCUT2D eigenvalue weighted by atomic mass is 10.3. The highest BCUT2D eigenvalue weighted by Crippen LogP contribution is 2.17. The second-order valence-corrected chi connectivity index (χ2v) is 3.32.